The van der Waals surface area contributed by atoms with Crippen molar-refractivity contribution >= 4 is 23.6 Å². The van der Waals surface area contributed by atoms with Gasteiger partial charge in [-0.05, 0) is 18.2 Å². The van der Waals surface area contributed by atoms with Gasteiger partial charge in [0.05, 0.1) is 26.3 Å². The number of hydrogen-bond donors (Lipinski definition) is 2. The van der Waals surface area contributed by atoms with Crippen LogP contribution in [0.3, 0.4) is 0 Å². The fraction of sp³-hybridized carbons (Fsp3) is 0.200. The molecule has 0 aliphatic heterocycles. The number of anilines is 3. The van der Waals surface area contributed by atoms with Crippen molar-refractivity contribution in [1.29, 1.82) is 0 Å². The van der Waals surface area contributed by atoms with Crippen molar-refractivity contribution in [3.63, 3.8) is 0 Å². The number of nitrogens with one attached hydrogen (secondary N) is 1. The minimum absolute atomic E-state index is 0.00757. The lowest BCUT2D eigenvalue weighted by molar-refractivity contribution is -0.144. The first-order chi connectivity index (χ1) is 14.1. The SMILES string of the molecule is COc1ccccc1CC(=O)OCc1nc(N)nc(Nc2ccccc2OC)n1. The Morgan fingerprint density at radius 1 is 0.966 bits per heavy atom. The third kappa shape index (κ3) is 5.32. The molecule has 0 aliphatic rings. The predicted octanol–water partition coefficient (Wildman–Crippen LogP) is 2.50. The Morgan fingerprint density at radius 3 is 2.41 bits per heavy atom. The highest BCUT2D eigenvalue weighted by Gasteiger charge is 2.12. The van der Waals surface area contributed by atoms with E-state index in [4.69, 9.17) is 19.9 Å². The number of hydrogen-bond acceptors (Lipinski definition) is 9. The minimum atomic E-state index is -0.437. The third-order valence-corrected chi connectivity index (χ3v) is 3.94. The van der Waals surface area contributed by atoms with E-state index in [1.54, 1.807) is 32.4 Å². The maximum atomic E-state index is 12.2. The van der Waals surface area contributed by atoms with E-state index in [-0.39, 0.29) is 30.7 Å². The second-order valence-corrected chi connectivity index (χ2v) is 5.91. The number of aromatic nitrogens is 3. The van der Waals surface area contributed by atoms with E-state index >= 15 is 0 Å². The first-order valence-corrected chi connectivity index (χ1v) is 8.77. The van der Waals surface area contributed by atoms with E-state index in [2.05, 4.69) is 20.3 Å². The number of carbonyl (C=O) groups is 1. The molecule has 9 heteroatoms. The molecule has 1 heterocycles. The fourth-order valence-corrected chi connectivity index (χ4v) is 2.63. The molecule has 3 rings (SSSR count). The lowest BCUT2D eigenvalue weighted by Crippen LogP contribution is -2.13. The number of nitrogen functional groups attached to an aromatic ring is 1. The molecule has 0 bridgehead atoms. The van der Waals surface area contributed by atoms with E-state index in [0.29, 0.717) is 17.2 Å². The quantitative estimate of drug-likeness (QED) is 0.554. The summed E-state index contributed by atoms with van der Waals surface area (Å²) in [5.74, 6) is 1.26. The van der Waals surface area contributed by atoms with Crippen LogP contribution in [0, 0.1) is 0 Å². The summed E-state index contributed by atoms with van der Waals surface area (Å²) in [6.07, 6.45) is 0.0664. The number of methoxy groups -OCH3 is 2. The van der Waals surface area contributed by atoms with Crippen LogP contribution in [0.1, 0.15) is 11.4 Å². The van der Waals surface area contributed by atoms with Crippen molar-refractivity contribution in [2.75, 3.05) is 25.3 Å². The van der Waals surface area contributed by atoms with Crippen molar-refractivity contribution in [2.45, 2.75) is 13.0 Å². The van der Waals surface area contributed by atoms with Crippen LogP contribution in [-0.4, -0.2) is 35.1 Å². The first-order valence-electron chi connectivity index (χ1n) is 8.77. The molecule has 0 aliphatic carbocycles. The molecular weight excluding hydrogens is 374 g/mol. The highest BCUT2D eigenvalue weighted by Crippen LogP contribution is 2.25. The van der Waals surface area contributed by atoms with Crippen molar-refractivity contribution in [2.24, 2.45) is 0 Å². The molecule has 29 heavy (non-hydrogen) atoms. The van der Waals surface area contributed by atoms with Crippen LogP contribution >= 0.6 is 0 Å². The number of carbonyl (C=O) groups excluding carboxylic acids is 1. The second kappa shape index (κ2) is 9.36. The van der Waals surface area contributed by atoms with Gasteiger partial charge >= 0.3 is 5.97 Å². The zero-order chi connectivity index (χ0) is 20.6. The topological polar surface area (TPSA) is 121 Å². The van der Waals surface area contributed by atoms with Crippen LogP contribution in [0.2, 0.25) is 0 Å². The second-order valence-electron chi connectivity index (χ2n) is 5.91. The van der Waals surface area contributed by atoms with Gasteiger partial charge in [0.1, 0.15) is 11.5 Å². The smallest absolute Gasteiger partial charge is 0.310 e. The largest absolute Gasteiger partial charge is 0.496 e. The Bertz CT molecular complexity index is 996. The number of nitrogens with zero attached hydrogens (tertiary/aromatic N) is 3. The summed E-state index contributed by atoms with van der Waals surface area (Å²) >= 11 is 0. The Hall–Kier alpha value is -3.88. The molecule has 0 saturated heterocycles. The van der Waals surface area contributed by atoms with Crippen molar-refractivity contribution in [3.05, 3.63) is 59.9 Å². The fourth-order valence-electron chi connectivity index (χ4n) is 2.63. The lowest BCUT2D eigenvalue weighted by atomic mass is 10.1. The first kappa shape index (κ1) is 19.9. The zero-order valence-electron chi connectivity index (χ0n) is 16.1. The molecule has 2 aromatic carbocycles. The number of benzene rings is 2. The van der Waals surface area contributed by atoms with Crippen LogP contribution in [0.25, 0.3) is 0 Å². The van der Waals surface area contributed by atoms with Gasteiger partial charge in [0.25, 0.3) is 0 Å². The molecule has 0 radical (unpaired) electrons. The van der Waals surface area contributed by atoms with Gasteiger partial charge in [0.15, 0.2) is 12.4 Å². The monoisotopic (exact) mass is 395 g/mol. The molecule has 0 atom stereocenters. The van der Waals surface area contributed by atoms with E-state index in [9.17, 15) is 4.79 Å². The van der Waals surface area contributed by atoms with Crippen molar-refractivity contribution in [3.8, 4) is 11.5 Å². The Kier molecular flexibility index (Phi) is 6.41. The number of nitrogens with two attached hydrogens (primary N) is 1. The number of esters is 1. The lowest BCUT2D eigenvalue weighted by Gasteiger charge is -2.11. The van der Waals surface area contributed by atoms with Gasteiger partial charge in [0, 0.05) is 5.56 Å². The van der Waals surface area contributed by atoms with Gasteiger partial charge in [-0.25, -0.2) is 0 Å². The van der Waals surface area contributed by atoms with E-state index in [1.165, 1.54) is 0 Å². The average molecular weight is 395 g/mol. The number of rotatable bonds is 8. The van der Waals surface area contributed by atoms with E-state index in [1.807, 2.05) is 30.3 Å². The van der Waals surface area contributed by atoms with Gasteiger partial charge in [-0.1, -0.05) is 30.3 Å². The molecule has 3 aromatic rings. The standard InChI is InChI=1S/C20H21N5O4/c1-27-15-9-5-3-7-13(15)11-18(26)29-12-17-23-19(21)25-20(24-17)22-14-8-4-6-10-16(14)28-2/h3-10H,11-12H2,1-2H3,(H3,21,22,23,24,25). The van der Waals surface area contributed by atoms with Gasteiger partial charge in [0.2, 0.25) is 11.9 Å². The third-order valence-electron chi connectivity index (χ3n) is 3.94. The Morgan fingerprint density at radius 2 is 1.66 bits per heavy atom. The van der Waals surface area contributed by atoms with Gasteiger partial charge in [-0.2, -0.15) is 15.0 Å². The molecule has 150 valence electrons. The molecule has 0 amide bonds. The summed E-state index contributed by atoms with van der Waals surface area (Å²) in [5.41, 5.74) is 7.16. The summed E-state index contributed by atoms with van der Waals surface area (Å²) in [5, 5.41) is 3.02. The van der Waals surface area contributed by atoms with Crippen LogP contribution in [0.15, 0.2) is 48.5 Å². The van der Waals surface area contributed by atoms with Gasteiger partial charge < -0.3 is 25.3 Å². The number of para-hydroxylation sites is 3. The molecule has 0 spiro atoms. The molecular formula is C20H21N5O4. The van der Waals surface area contributed by atoms with Crippen LogP contribution in [0.4, 0.5) is 17.6 Å². The Labute approximate surface area is 167 Å². The van der Waals surface area contributed by atoms with Crippen molar-refractivity contribution in [1.82, 2.24) is 15.0 Å². The van der Waals surface area contributed by atoms with Crippen molar-refractivity contribution < 1.29 is 19.0 Å². The van der Waals surface area contributed by atoms with E-state index < -0.39 is 5.97 Å². The van der Waals surface area contributed by atoms with Crippen LogP contribution in [0.5, 0.6) is 11.5 Å². The summed E-state index contributed by atoms with van der Waals surface area (Å²) < 4.78 is 15.8. The number of ether oxygens (including phenoxy) is 3. The Balaban J connectivity index is 1.66. The van der Waals surface area contributed by atoms with Crippen LogP contribution < -0.4 is 20.5 Å². The summed E-state index contributed by atoms with van der Waals surface area (Å²) in [7, 11) is 3.11. The molecule has 9 nitrogen and oxygen atoms in total. The molecule has 0 saturated carbocycles. The van der Waals surface area contributed by atoms with Gasteiger partial charge in [-0.15, -0.1) is 0 Å². The van der Waals surface area contributed by atoms with Gasteiger partial charge in [-0.3, -0.25) is 4.79 Å². The zero-order valence-corrected chi connectivity index (χ0v) is 16.1. The average Bonchev–Trinajstić information content (AvgIpc) is 2.73. The summed E-state index contributed by atoms with van der Waals surface area (Å²) in [6, 6.07) is 14.5. The maximum Gasteiger partial charge on any atom is 0.310 e. The molecule has 3 N–H and O–H groups in total. The highest BCUT2D eigenvalue weighted by molar-refractivity contribution is 5.73. The molecule has 0 fully saturated rings. The predicted molar refractivity (Wildman–Crippen MR) is 107 cm³/mol. The molecule has 0 unspecified atom stereocenters. The molecule has 1 aromatic heterocycles. The minimum Gasteiger partial charge on any atom is -0.496 e. The highest BCUT2D eigenvalue weighted by atomic mass is 16.5. The van der Waals surface area contributed by atoms with Crippen LogP contribution in [-0.2, 0) is 22.6 Å². The maximum absolute atomic E-state index is 12.2. The summed E-state index contributed by atoms with van der Waals surface area (Å²) in [6.45, 7) is -0.138. The normalized spacial score (nSPS) is 10.3. The summed E-state index contributed by atoms with van der Waals surface area (Å²) in [4.78, 5) is 24.5. The van der Waals surface area contributed by atoms with E-state index in [0.717, 1.165) is 5.56 Å².